The Morgan fingerprint density at radius 2 is 2.00 bits per heavy atom. The van der Waals surface area contributed by atoms with Gasteiger partial charge >= 0.3 is 6.03 Å². The van der Waals surface area contributed by atoms with Gasteiger partial charge in [-0.2, -0.15) is 0 Å². The number of rotatable bonds is 6. The molecule has 2 aromatic carbocycles. The molecule has 0 bridgehead atoms. The molecule has 0 aliphatic heterocycles. The van der Waals surface area contributed by atoms with Crippen molar-refractivity contribution in [1.29, 1.82) is 0 Å². The van der Waals surface area contributed by atoms with Crippen LogP contribution in [0.1, 0.15) is 11.1 Å². The lowest BCUT2D eigenvalue weighted by molar-refractivity contribution is 0.251. The Labute approximate surface area is 156 Å². The summed E-state index contributed by atoms with van der Waals surface area (Å²) in [5.74, 6) is 1.37. The zero-order chi connectivity index (χ0) is 19.2. The zero-order valence-corrected chi connectivity index (χ0v) is 15.3. The SMILES string of the molecule is COc1ccc(OC)c(CNC(=O)Nc2cc(-n3cnnn3)ccc2C)c1. The van der Waals surface area contributed by atoms with Gasteiger partial charge in [-0.15, -0.1) is 5.10 Å². The van der Waals surface area contributed by atoms with Crippen molar-refractivity contribution in [3.8, 4) is 17.2 Å². The first-order chi connectivity index (χ1) is 13.1. The van der Waals surface area contributed by atoms with Crippen molar-refractivity contribution in [2.24, 2.45) is 0 Å². The zero-order valence-electron chi connectivity index (χ0n) is 15.3. The Morgan fingerprint density at radius 1 is 1.15 bits per heavy atom. The van der Waals surface area contributed by atoms with Gasteiger partial charge in [-0.1, -0.05) is 6.07 Å². The van der Waals surface area contributed by atoms with Crippen molar-refractivity contribution >= 4 is 11.7 Å². The van der Waals surface area contributed by atoms with Crippen LogP contribution in [0.3, 0.4) is 0 Å². The number of nitrogens with one attached hydrogen (secondary N) is 2. The maximum Gasteiger partial charge on any atom is 0.319 e. The molecule has 27 heavy (non-hydrogen) atoms. The molecule has 2 N–H and O–H groups in total. The van der Waals surface area contributed by atoms with Gasteiger partial charge in [-0.3, -0.25) is 0 Å². The number of aromatic nitrogens is 4. The van der Waals surface area contributed by atoms with Crippen molar-refractivity contribution in [1.82, 2.24) is 25.5 Å². The summed E-state index contributed by atoms with van der Waals surface area (Å²) in [6.45, 7) is 2.20. The third-order valence-corrected chi connectivity index (χ3v) is 4.01. The molecule has 140 valence electrons. The van der Waals surface area contributed by atoms with Crippen molar-refractivity contribution in [3.05, 3.63) is 53.9 Å². The molecule has 1 aromatic heterocycles. The Kier molecular flexibility index (Phi) is 5.50. The number of hydrogen-bond donors (Lipinski definition) is 2. The normalized spacial score (nSPS) is 10.3. The monoisotopic (exact) mass is 368 g/mol. The van der Waals surface area contributed by atoms with Crippen LogP contribution in [0, 0.1) is 6.92 Å². The molecule has 0 saturated heterocycles. The smallest absolute Gasteiger partial charge is 0.319 e. The second-order valence-electron chi connectivity index (χ2n) is 5.74. The van der Waals surface area contributed by atoms with Crippen LogP contribution in [-0.2, 0) is 6.54 Å². The Balaban J connectivity index is 1.69. The highest BCUT2D eigenvalue weighted by Crippen LogP contribution is 2.24. The summed E-state index contributed by atoms with van der Waals surface area (Å²) < 4.78 is 12.1. The number of ether oxygens (including phenoxy) is 2. The number of hydrogen-bond acceptors (Lipinski definition) is 6. The number of carbonyl (C=O) groups is 1. The van der Waals surface area contributed by atoms with E-state index in [2.05, 4.69) is 26.2 Å². The van der Waals surface area contributed by atoms with Crippen LogP contribution in [0.4, 0.5) is 10.5 Å². The van der Waals surface area contributed by atoms with Crippen LogP contribution in [0.2, 0.25) is 0 Å². The minimum Gasteiger partial charge on any atom is -0.497 e. The fraction of sp³-hybridized carbons (Fsp3) is 0.222. The minimum atomic E-state index is -0.336. The van der Waals surface area contributed by atoms with E-state index in [1.807, 2.05) is 25.1 Å². The highest BCUT2D eigenvalue weighted by molar-refractivity contribution is 5.90. The predicted molar refractivity (Wildman–Crippen MR) is 99.3 cm³/mol. The average molecular weight is 368 g/mol. The number of methoxy groups -OCH3 is 2. The van der Waals surface area contributed by atoms with Crippen molar-refractivity contribution < 1.29 is 14.3 Å². The second kappa shape index (κ2) is 8.17. The van der Waals surface area contributed by atoms with Crippen LogP contribution in [0.15, 0.2) is 42.7 Å². The van der Waals surface area contributed by atoms with E-state index in [0.717, 1.165) is 16.8 Å². The van der Waals surface area contributed by atoms with E-state index in [4.69, 9.17) is 9.47 Å². The lowest BCUT2D eigenvalue weighted by Gasteiger charge is -2.13. The maximum absolute atomic E-state index is 12.3. The number of aryl methyl sites for hydroxylation is 1. The first-order valence-corrected chi connectivity index (χ1v) is 8.20. The second-order valence-corrected chi connectivity index (χ2v) is 5.74. The van der Waals surface area contributed by atoms with Crippen molar-refractivity contribution in [3.63, 3.8) is 0 Å². The maximum atomic E-state index is 12.3. The third-order valence-electron chi connectivity index (χ3n) is 4.01. The van der Waals surface area contributed by atoms with Crippen LogP contribution < -0.4 is 20.1 Å². The van der Waals surface area contributed by atoms with E-state index in [1.54, 1.807) is 32.4 Å². The highest BCUT2D eigenvalue weighted by atomic mass is 16.5. The quantitative estimate of drug-likeness (QED) is 0.692. The van der Waals surface area contributed by atoms with Crippen molar-refractivity contribution in [2.45, 2.75) is 13.5 Å². The summed E-state index contributed by atoms with van der Waals surface area (Å²) in [7, 11) is 3.17. The van der Waals surface area contributed by atoms with E-state index in [9.17, 15) is 4.79 Å². The number of nitrogens with zero attached hydrogens (tertiary/aromatic N) is 4. The number of tetrazole rings is 1. The molecule has 0 fully saturated rings. The standard InChI is InChI=1S/C18H20N6O3/c1-12-4-5-14(24-11-20-22-23-24)9-16(12)21-18(25)19-10-13-8-15(26-2)6-7-17(13)27-3/h4-9,11H,10H2,1-3H3,(H2,19,21,25). The summed E-state index contributed by atoms with van der Waals surface area (Å²) in [4.78, 5) is 12.3. The fourth-order valence-electron chi connectivity index (χ4n) is 2.53. The number of benzene rings is 2. The first kappa shape index (κ1) is 18.2. The van der Waals surface area contributed by atoms with Crippen molar-refractivity contribution in [2.75, 3.05) is 19.5 Å². The van der Waals surface area contributed by atoms with Gasteiger partial charge in [0.05, 0.1) is 19.9 Å². The van der Waals surface area contributed by atoms with Crippen LogP contribution >= 0.6 is 0 Å². The van der Waals surface area contributed by atoms with E-state index in [1.165, 1.54) is 11.0 Å². The molecule has 0 aliphatic carbocycles. The van der Waals surface area contributed by atoms with E-state index in [0.29, 0.717) is 17.2 Å². The topological polar surface area (TPSA) is 103 Å². The Bertz CT molecular complexity index is 927. The van der Waals surface area contributed by atoms with Gasteiger partial charge in [0.2, 0.25) is 0 Å². The van der Waals surface area contributed by atoms with E-state index in [-0.39, 0.29) is 12.6 Å². The molecule has 3 aromatic rings. The number of urea groups is 1. The third kappa shape index (κ3) is 4.32. The number of anilines is 1. The summed E-state index contributed by atoms with van der Waals surface area (Å²) in [6, 6.07) is 10.6. The lowest BCUT2D eigenvalue weighted by atomic mass is 10.1. The molecule has 0 unspecified atom stereocenters. The molecule has 0 atom stereocenters. The summed E-state index contributed by atoms with van der Waals surface area (Å²) in [5.41, 5.74) is 3.14. The molecule has 3 rings (SSSR count). The van der Waals surface area contributed by atoms with E-state index < -0.39 is 0 Å². The van der Waals surface area contributed by atoms with Gasteiger partial charge in [-0.25, -0.2) is 9.48 Å². The summed E-state index contributed by atoms with van der Waals surface area (Å²) in [6.07, 6.45) is 1.49. The van der Waals surface area contributed by atoms with Crippen LogP contribution in [0.5, 0.6) is 11.5 Å². The number of carbonyl (C=O) groups excluding carboxylic acids is 1. The molecule has 2 amide bonds. The van der Waals surface area contributed by atoms with E-state index >= 15 is 0 Å². The van der Waals surface area contributed by atoms with Crippen LogP contribution in [-0.4, -0.2) is 40.5 Å². The molecule has 0 radical (unpaired) electrons. The molecule has 9 nitrogen and oxygen atoms in total. The summed E-state index contributed by atoms with van der Waals surface area (Å²) in [5, 5.41) is 16.7. The predicted octanol–water partition coefficient (Wildman–Crippen LogP) is 2.31. The summed E-state index contributed by atoms with van der Waals surface area (Å²) >= 11 is 0. The van der Waals surface area contributed by atoms with Gasteiger partial charge in [-0.05, 0) is 53.2 Å². The molecule has 0 aliphatic rings. The Morgan fingerprint density at radius 3 is 2.70 bits per heavy atom. The molecule has 0 saturated carbocycles. The minimum absolute atomic E-state index is 0.290. The first-order valence-electron chi connectivity index (χ1n) is 8.20. The molecular weight excluding hydrogens is 348 g/mol. The Hall–Kier alpha value is -3.62. The molecule has 1 heterocycles. The van der Waals surface area contributed by atoms with Gasteiger partial charge in [0.1, 0.15) is 17.8 Å². The van der Waals surface area contributed by atoms with Crippen LogP contribution in [0.25, 0.3) is 5.69 Å². The largest absolute Gasteiger partial charge is 0.497 e. The molecular formula is C18H20N6O3. The number of amides is 2. The average Bonchev–Trinajstić information content (AvgIpc) is 3.22. The molecule has 0 spiro atoms. The van der Waals surface area contributed by atoms with Gasteiger partial charge in [0.25, 0.3) is 0 Å². The van der Waals surface area contributed by atoms with Gasteiger partial charge in [0.15, 0.2) is 0 Å². The highest BCUT2D eigenvalue weighted by Gasteiger charge is 2.10. The van der Waals surface area contributed by atoms with Gasteiger partial charge < -0.3 is 20.1 Å². The van der Waals surface area contributed by atoms with Gasteiger partial charge in [0, 0.05) is 17.8 Å². The fourth-order valence-corrected chi connectivity index (χ4v) is 2.53. The molecule has 9 heteroatoms. The lowest BCUT2D eigenvalue weighted by Crippen LogP contribution is -2.28.